The average Bonchev–Trinajstić information content (AvgIpc) is 1.83. The molecule has 1 aliphatic heterocycles. The van der Waals surface area contributed by atoms with Gasteiger partial charge in [0.1, 0.15) is 60.7 Å². The predicted molar refractivity (Wildman–Crippen MR) is 337 cm³/mol. The molecule has 5 rings (SSSR count). The maximum absolute atomic E-state index is 14.8. The van der Waals surface area contributed by atoms with Crippen LogP contribution in [-0.4, -0.2) is 172 Å². The number of benzene rings is 3. The SMILES string of the molecule is CCNC(=O)[C@@H]1CCCN1C(=O)[C@H](CCCN=C(N)N)NC(=O)[C@H](CC(C)C)NC(=O)[C@@H](CCCN=C(N)N)NC(=O)[C@H](Cc1ccc(O)cc1)NC(=O)[C@H](CO)NC(=O)[C@H](Cc1c[nH]c2ccccc12)NC(=O)[C@H](CCC(N)=O)NC(=O)OCc1ccccc1. The predicted octanol–water partition coefficient (Wildman–Crippen LogP) is -1.60. The van der Waals surface area contributed by atoms with Crippen molar-refractivity contribution in [1.29, 1.82) is 0 Å². The Bertz CT molecular complexity index is 3170. The number of nitrogens with zero attached hydrogens (tertiary/aromatic N) is 3. The normalized spacial score (nSPS) is 15.0. The van der Waals surface area contributed by atoms with Crippen LogP contribution in [-0.2, 0) is 67.3 Å². The van der Waals surface area contributed by atoms with Crippen LogP contribution in [0.2, 0.25) is 0 Å². The van der Waals surface area contributed by atoms with Gasteiger partial charge >= 0.3 is 6.09 Å². The van der Waals surface area contributed by atoms with Crippen LogP contribution in [0.1, 0.15) is 95.2 Å². The Labute approximate surface area is 526 Å². The minimum Gasteiger partial charge on any atom is -0.508 e. The van der Waals surface area contributed by atoms with Crippen molar-refractivity contribution in [3.8, 4) is 5.75 Å². The monoisotopic (exact) mass is 1270 g/mol. The standard InChI is InChI=1S/C61H87N17O13/c1-4-67-57(88)49-19-12-28-78(49)58(89)44(18-11-27-69-60(65)66)72-53(84)45(29-35(2)3)73-51(82)42(17-10-26-68-59(63)64)71-54(85)46(30-36-20-22-39(80)23-21-36)74-56(87)48(33-79)76-55(86)47(31-38-32-70-41-16-9-8-15-40(38)41)75-52(83)43(24-25-50(62)81)77-61(90)91-34-37-13-6-5-7-14-37/h5-9,13-16,20-23,32,35,42-49,70,79-80H,4,10-12,17-19,24-31,33-34H2,1-3H3,(H2,62,81)(H,67,88)(H,71,85)(H,72,84)(H,73,82)(H,74,87)(H,75,83)(H,76,86)(H,77,90)(H4,63,64,68)(H4,65,66,69)/t42-,43+,44+,45+,46+,47+,48+,49+/m1/s1. The number of likely N-dealkylation sites (N-methyl/N-ethyl adjacent to an activating group) is 1. The number of carbonyl (C=O) groups excluding carboxylic acids is 10. The second kappa shape index (κ2) is 36.5. The number of phenols is 1. The molecule has 8 atom stereocenters. The number of ether oxygens (including phenoxy) is 1. The number of aromatic amines is 1. The topological polar surface area (TPSA) is 490 Å². The van der Waals surface area contributed by atoms with Crippen LogP contribution >= 0.6 is 0 Å². The number of nitrogens with two attached hydrogens (primary N) is 5. The summed E-state index contributed by atoms with van der Waals surface area (Å²) in [4.78, 5) is 152. The number of guanidine groups is 2. The summed E-state index contributed by atoms with van der Waals surface area (Å²) in [6, 6.07) is 10.2. The number of fused-ring (bicyclic) bond motifs is 1. The van der Waals surface area contributed by atoms with Gasteiger partial charge in [-0.25, -0.2) is 4.79 Å². The molecular formula is C61H87N17O13. The molecule has 3 aromatic carbocycles. The van der Waals surface area contributed by atoms with Crippen LogP contribution in [0, 0.1) is 5.92 Å². The molecule has 0 radical (unpaired) electrons. The zero-order valence-corrected chi connectivity index (χ0v) is 51.4. The quantitative estimate of drug-likeness (QED) is 0.0139. The van der Waals surface area contributed by atoms with E-state index >= 15 is 0 Å². The molecule has 0 aliphatic carbocycles. The molecule has 1 fully saturated rings. The van der Waals surface area contributed by atoms with Crippen molar-refractivity contribution in [3.63, 3.8) is 0 Å². The molecule has 30 nitrogen and oxygen atoms in total. The number of rotatable bonds is 36. The molecular weight excluding hydrogens is 1180 g/mol. The first-order chi connectivity index (χ1) is 43.5. The van der Waals surface area contributed by atoms with Crippen molar-refractivity contribution in [2.24, 2.45) is 44.6 Å². The van der Waals surface area contributed by atoms with E-state index < -0.39 is 108 Å². The number of para-hydroxylation sites is 1. The van der Waals surface area contributed by atoms with E-state index in [1.807, 2.05) is 0 Å². The molecule has 91 heavy (non-hydrogen) atoms. The highest BCUT2D eigenvalue weighted by molar-refractivity contribution is 5.99. The first-order valence-corrected chi connectivity index (χ1v) is 30.2. The number of alkyl carbamates (subject to hydrolysis) is 1. The number of hydrogen-bond acceptors (Lipinski definition) is 15. The lowest BCUT2D eigenvalue weighted by atomic mass is 10.00. The lowest BCUT2D eigenvalue weighted by molar-refractivity contribution is -0.142. The minimum atomic E-state index is -1.82. The van der Waals surface area contributed by atoms with E-state index in [4.69, 9.17) is 33.4 Å². The Morgan fingerprint density at radius 2 is 1.15 bits per heavy atom. The third kappa shape index (κ3) is 23.8. The zero-order valence-electron chi connectivity index (χ0n) is 51.4. The summed E-state index contributed by atoms with van der Waals surface area (Å²) in [6.45, 7) is 4.83. The fourth-order valence-electron chi connectivity index (χ4n) is 10.1. The second-order valence-corrected chi connectivity index (χ2v) is 22.4. The molecule has 21 N–H and O–H groups in total. The van der Waals surface area contributed by atoms with Crippen molar-refractivity contribution in [2.75, 3.05) is 32.8 Å². The number of amides is 10. The molecule has 1 aliphatic rings. The van der Waals surface area contributed by atoms with Crippen LogP contribution in [0.3, 0.4) is 0 Å². The highest BCUT2D eigenvalue weighted by Crippen LogP contribution is 2.22. The number of aliphatic hydroxyl groups excluding tert-OH is 1. The number of likely N-dealkylation sites (tertiary alicyclic amines) is 1. The third-order valence-electron chi connectivity index (χ3n) is 14.7. The molecule has 0 unspecified atom stereocenters. The first-order valence-electron chi connectivity index (χ1n) is 30.2. The van der Waals surface area contributed by atoms with Crippen molar-refractivity contribution < 1.29 is 62.9 Å². The highest BCUT2D eigenvalue weighted by Gasteiger charge is 2.39. The Balaban J connectivity index is 1.41. The molecule has 30 heteroatoms. The summed E-state index contributed by atoms with van der Waals surface area (Å²) < 4.78 is 5.33. The molecule has 0 bridgehead atoms. The van der Waals surface area contributed by atoms with E-state index in [9.17, 15) is 58.2 Å². The Morgan fingerprint density at radius 3 is 1.76 bits per heavy atom. The van der Waals surface area contributed by atoms with Crippen molar-refractivity contribution in [3.05, 3.63) is 102 Å². The van der Waals surface area contributed by atoms with Crippen LogP contribution in [0.5, 0.6) is 5.75 Å². The summed E-state index contributed by atoms with van der Waals surface area (Å²) in [6.07, 6.45) is 0.629. The number of aliphatic hydroxyl groups is 1. The molecule has 1 aromatic heterocycles. The summed E-state index contributed by atoms with van der Waals surface area (Å²) in [5, 5.41) is 42.7. The van der Waals surface area contributed by atoms with Gasteiger partial charge in [0.05, 0.1) is 6.61 Å². The van der Waals surface area contributed by atoms with Gasteiger partial charge < -0.3 is 96.0 Å². The van der Waals surface area contributed by atoms with Crippen LogP contribution in [0.25, 0.3) is 10.9 Å². The number of phenolic OH excluding ortho intramolecular Hbond substituents is 1. The number of hydrogen-bond donors (Lipinski definition) is 16. The van der Waals surface area contributed by atoms with Gasteiger partial charge in [0.2, 0.25) is 53.2 Å². The lowest BCUT2D eigenvalue weighted by Crippen LogP contribution is -2.61. The molecule has 10 amide bonds. The number of primary amides is 1. The van der Waals surface area contributed by atoms with Gasteiger partial charge in [-0.3, -0.25) is 53.1 Å². The van der Waals surface area contributed by atoms with Crippen LogP contribution in [0.15, 0.2) is 95.0 Å². The fraction of sp³-hybridized carbons (Fsp3) is 0.475. The summed E-state index contributed by atoms with van der Waals surface area (Å²) in [5.74, 6) is -8.07. The van der Waals surface area contributed by atoms with Crippen LogP contribution in [0.4, 0.5) is 4.79 Å². The number of aliphatic imine (C=N–C) groups is 2. The zero-order chi connectivity index (χ0) is 66.6. The fourth-order valence-corrected chi connectivity index (χ4v) is 10.1. The van der Waals surface area contributed by atoms with Gasteiger partial charge in [0, 0.05) is 62.5 Å². The summed E-state index contributed by atoms with van der Waals surface area (Å²) in [7, 11) is 0. The van der Waals surface area contributed by atoms with Crippen molar-refractivity contribution >= 4 is 82.1 Å². The second-order valence-electron chi connectivity index (χ2n) is 22.4. The summed E-state index contributed by atoms with van der Waals surface area (Å²) >= 11 is 0. The Morgan fingerprint density at radius 1 is 0.626 bits per heavy atom. The Hall–Kier alpha value is -10.0. The number of nitrogens with one attached hydrogen (secondary N) is 9. The highest BCUT2D eigenvalue weighted by atomic mass is 16.5. The van der Waals surface area contributed by atoms with Crippen molar-refractivity contribution in [1.82, 2.24) is 52.4 Å². The number of aromatic nitrogens is 1. The average molecular weight is 1270 g/mol. The summed E-state index contributed by atoms with van der Waals surface area (Å²) in [5.41, 5.74) is 30.0. The van der Waals surface area contributed by atoms with Gasteiger partial charge in [-0.15, -0.1) is 0 Å². The number of aromatic hydroxyl groups is 1. The van der Waals surface area contributed by atoms with E-state index in [-0.39, 0.29) is 114 Å². The van der Waals surface area contributed by atoms with Gasteiger partial charge in [0.15, 0.2) is 11.9 Å². The number of H-pyrrole nitrogens is 1. The first kappa shape index (κ1) is 71.8. The van der Waals surface area contributed by atoms with E-state index in [1.165, 1.54) is 29.2 Å². The molecule has 494 valence electrons. The van der Waals surface area contributed by atoms with E-state index in [0.717, 1.165) is 0 Å². The van der Waals surface area contributed by atoms with E-state index in [1.54, 1.807) is 81.6 Å². The van der Waals surface area contributed by atoms with Gasteiger partial charge in [-0.2, -0.15) is 0 Å². The van der Waals surface area contributed by atoms with Crippen molar-refractivity contribution in [2.45, 2.75) is 146 Å². The maximum Gasteiger partial charge on any atom is 0.408 e. The molecule has 0 spiro atoms. The Kier molecular flexibility index (Phi) is 28.8. The third-order valence-corrected chi connectivity index (χ3v) is 14.7. The van der Waals surface area contributed by atoms with Gasteiger partial charge in [-0.1, -0.05) is 74.5 Å². The molecule has 4 aromatic rings. The lowest BCUT2D eigenvalue weighted by Gasteiger charge is -2.30. The van der Waals surface area contributed by atoms with Gasteiger partial charge in [0.25, 0.3) is 0 Å². The molecule has 2 heterocycles. The van der Waals surface area contributed by atoms with E-state index in [2.05, 4.69) is 57.5 Å². The van der Waals surface area contributed by atoms with E-state index in [0.29, 0.717) is 47.0 Å². The van der Waals surface area contributed by atoms with Gasteiger partial charge in [-0.05, 0) is 99.1 Å². The molecule has 0 saturated carbocycles. The largest absolute Gasteiger partial charge is 0.508 e. The maximum atomic E-state index is 14.8. The minimum absolute atomic E-state index is 0.00550. The van der Waals surface area contributed by atoms with Crippen LogP contribution < -0.4 is 71.2 Å². The number of carbonyl (C=O) groups is 10. The smallest absolute Gasteiger partial charge is 0.408 e. The molecule has 1 saturated heterocycles.